The molecule has 0 unspecified atom stereocenters. The number of imide groups is 1. The summed E-state index contributed by atoms with van der Waals surface area (Å²) in [6.45, 7) is 1.92. The molecule has 0 bridgehead atoms. The van der Waals surface area contributed by atoms with Crippen molar-refractivity contribution in [3.05, 3.63) is 29.6 Å². The Bertz CT molecular complexity index is 461. The molecule has 0 atom stereocenters. The highest BCUT2D eigenvalue weighted by molar-refractivity contribution is 6.00. The Labute approximate surface area is 105 Å². The van der Waals surface area contributed by atoms with Crippen LogP contribution in [0.2, 0.25) is 0 Å². The number of aryl methyl sites for hydroxylation is 1. The summed E-state index contributed by atoms with van der Waals surface area (Å²) in [4.78, 5) is 23.9. The number of anilines is 1. The predicted molar refractivity (Wildman–Crippen MR) is 67.0 cm³/mol. The molecular formula is C12H16FN3O2. The van der Waals surface area contributed by atoms with Gasteiger partial charge in [0.2, 0.25) is 0 Å². The third-order valence-corrected chi connectivity index (χ3v) is 2.31. The van der Waals surface area contributed by atoms with E-state index in [1.165, 1.54) is 31.1 Å². The van der Waals surface area contributed by atoms with Gasteiger partial charge in [0.15, 0.2) is 0 Å². The minimum absolute atomic E-state index is 0.0541. The van der Waals surface area contributed by atoms with E-state index in [-0.39, 0.29) is 5.69 Å². The molecule has 0 fully saturated rings. The van der Waals surface area contributed by atoms with Crippen LogP contribution in [0.3, 0.4) is 0 Å². The van der Waals surface area contributed by atoms with Crippen LogP contribution in [-0.2, 0) is 6.42 Å². The molecule has 18 heavy (non-hydrogen) atoms. The van der Waals surface area contributed by atoms with Gasteiger partial charge >= 0.3 is 12.1 Å². The maximum Gasteiger partial charge on any atom is 0.327 e. The lowest BCUT2D eigenvalue weighted by Crippen LogP contribution is -2.41. The number of nitrogens with zero attached hydrogens (tertiary/aromatic N) is 1. The highest BCUT2D eigenvalue weighted by Gasteiger charge is 2.11. The van der Waals surface area contributed by atoms with Crippen molar-refractivity contribution >= 4 is 17.7 Å². The number of halogens is 1. The highest BCUT2D eigenvalue weighted by atomic mass is 19.1. The maximum absolute atomic E-state index is 13.4. The summed E-state index contributed by atoms with van der Waals surface area (Å²) in [5.41, 5.74) is 0.948. The van der Waals surface area contributed by atoms with Crippen LogP contribution in [0, 0.1) is 5.82 Å². The summed E-state index contributed by atoms with van der Waals surface area (Å²) in [5.74, 6) is -0.542. The quantitative estimate of drug-likeness (QED) is 0.848. The van der Waals surface area contributed by atoms with Gasteiger partial charge < -0.3 is 10.2 Å². The minimum Gasteiger partial charge on any atom is -0.331 e. The number of nitrogens with one attached hydrogen (secondary N) is 2. The van der Waals surface area contributed by atoms with E-state index in [0.717, 1.165) is 12.0 Å². The average molecular weight is 253 g/mol. The van der Waals surface area contributed by atoms with Gasteiger partial charge in [-0.2, -0.15) is 0 Å². The fourth-order valence-corrected chi connectivity index (χ4v) is 1.25. The molecule has 98 valence electrons. The minimum atomic E-state index is -0.763. The molecule has 2 N–H and O–H groups in total. The third kappa shape index (κ3) is 3.73. The molecule has 6 heteroatoms. The van der Waals surface area contributed by atoms with Crippen LogP contribution in [0.4, 0.5) is 19.7 Å². The number of hydrogen-bond donors (Lipinski definition) is 2. The Morgan fingerprint density at radius 1 is 1.33 bits per heavy atom. The lowest BCUT2D eigenvalue weighted by atomic mass is 10.1. The van der Waals surface area contributed by atoms with Crippen molar-refractivity contribution < 1.29 is 14.0 Å². The number of hydrogen-bond acceptors (Lipinski definition) is 2. The Morgan fingerprint density at radius 3 is 2.56 bits per heavy atom. The number of benzene rings is 1. The van der Waals surface area contributed by atoms with Gasteiger partial charge in [-0.3, -0.25) is 5.32 Å². The first kappa shape index (κ1) is 14.0. The summed E-state index contributed by atoms with van der Waals surface area (Å²) in [6, 6.07) is 3.13. The fraction of sp³-hybridized carbons (Fsp3) is 0.333. The van der Waals surface area contributed by atoms with Crippen LogP contribution in [0.25, 0.3) is 0 Å². The standard InChI is InChI=1S/C12H16FN3O2/c1-4-8-5-6-9(13)10(7-8)14-11(17)15-12(18)16(2)3/h5-7H,4H2,1-3H3,(H2,14,15,17,18). The van der Waals surface area contributed by atoms with Crippen LogP contribution in [0.1, 0.15) is 12.5 Å². The van der Waals surface area contributed by atoms with Gasteiger partial charge in [-0.25, -0.2) is 14.0 Å². The van der Waals surface area contributed by atoms with Crippen molar-refractivity contribution in [2.75, 3.05) is 19.4 Å². The van der Waals surface area contributed by atoms with E-state index in [2.05, 4.69) is 10.6 Å². The Balaban J connectivity index is 2.72. The number of rotatable bonds is 2. The molecule has 0 aliphatic rings. The van der Waals surface area contributed by atoms with Gasteiger partial charge in [-0.05, 0) is 24.1 Å². The second-order valence-electron chi connectivity index (χ2n) is 3.95. The molecule has 0 aliphatic heterocycles. The van der Waals surface area contributed by atoms with Crippen LogP contribution >= 0.6 is 0 Å². The Morgan fingerprint density at radius 2 is 2.00 bits per heavy atom. The topological polar surface area (TPSA) is 61.4 Å². The van der Waals surface area contributed by atoms with E-state index in [9.17, 15) is 14.0 Å². The fourth-order valence-electron chi connectivity index (χ4n) is 1.25. The summed E-state index contributed by atoms with van der Waals surface area (Å²) >= 11 is 0. The van der Waals surface area contributed by atoms with Crippen molar-refractivity contribution in [1.29, 1.82) is 0 Å². The van der Waals surface area contributed by atoms with Gasteiger partial charge in [0, 0.05) is 14.1 Å². The SMILES string of the molecule is CCc1ccc(F)c(NC(=O)NC(=O)N(C)C)c1. The largest absolute Gasteiger partial charge is 0.331 e. The number of carbonyl (C=O) groups is 2. The molecule has 0 radical (unpaired) electrons. The predicted octanol–water partition coefficient (Wildman–Crippen LogP) is 2.19. The van der Waals surface area contributed by atoms with Crippen molar-refractivity contribution in [1.82, 2.24) is 10.2 Å². The lowest BCUT2D eigenvalue weighted by molar-refractivity contribution is 0.214. The highest BCUT2D eigenvalue weighted by Crippen LogP contribution is 2.16. The van der Waals surface area contributed by atoms with Gasteiger partial charge in [0.1, 0.15) is 5.82 Å². The molecule has 1 rings (SSSR count). The Kier molecular flexibility index (Phi) is 4.65. The molecule has 5 nitrogen and oxygen atoms in total. The van der Waals surface area contributed by atoms with E-state index in [0.29, 0.717) is 0 Å². The van der Waals surface area contributed by atoms with E-state index in [1.54, 1.807) is 6.07 Å². The molecule has 0 heterocycles. The molecule has 0 spiro atoms. The van der Waals surface area contributed by atoms with E-state index in [1.807, 2.05) is 6.92 Å². The van der Waals surface area contributed by atoms with Crippen molar-refractivity contribution in [3.63, 3.8) is 0 Å². The zero-order valence-electron chi connectivity index (χ0n) is 10.6. The summed E-state index contributed by atoms with van der Waals surface area (Å²) in [7, 11) is 3.00. The number of urea groups is 2. The monoisotopic (exact) mass is 253 g/mol. The van der Waals surface area contributed by atoms with Crippen molar-refractivity contribution in [2.45, 2.75) is 13.3 Å². The van der Waals surface area contributed by atoms with E-state index < -0.39 is 17.9 Å². The van der Waals surface area contributed by atoms with Crippen molar-refractivity contribution in [2.24, 2.45) is 0 Å². The van der Waals surface area contributed by atoms with E-state index in [4.69, 9.17) is 0 Å². The van der Waals surface area contributed by atoms with Crippen LogP contribution < -0.4 is 10.6 Å². The van der Waals surface area contributed by atoms with Crippen LogP contribution in [-0.4, -0.2) is 31.1 Å². The summed E-state index contributed by atoms with van der Waals surface area (Å²) < 4.78 is 13.4. The number of amides is 4. The van der Waals surface area contributed by atoms with Gasteiger partial charge in [-0.15, -0.1) is 0 Å². The first-order chi connectivity index (χ1) is 8.43. The van der Waals surface area contributed by atoms with Crippen LogP contribution in [0.15, 0.2) is 18.2 Å². The molecule has 0 saturated heterocycles. The first-order valence-corrected chi connectivity index (χ1v) is 5.51. The first-order valence-electron chi connectivity index (χ1n) is 5.51. The van der Waals surface area contributed by atoms with E-state index >= 15 is 0 Å². The molecule has 0 aliphatic carbocycles. The van der Waals surface area contributed by atoms with Gasteiger partial charge in [0.05, 0.1) is 5.69 Å². The molecule has 1 aromatic carbocycles. The Hall–Kier alpha value is -2.11. The third-order valence-electron chi connectivity index (χ3n) is 2.31. The smallest absolute Gasteiger partial charge is 0.327 e. The zero-order valence-corrected chi connectivity index (χ0v) is 10.6. The maximum atomic E-state index is 13.4. The van der Waals surface area contributed by atoms with Crippen LogP contribution in [0.5, 0.6) is 0 Å². The molecule has 0 saturated carbocycles. The van der Waals surface area contributed by atoms with Crippen molar-refractivity contribution in [3.8, 4) is 0 Å². The molecular weight excluding hydrogens is 237 g/mol. The second-order valence-corrected chi connectivity index (χ2v) is 3.95. The number of carbonyl (C=O) groups excluding carboxylic acids is 2. The second kappa shape index (κ2) is 6.00. The average Bonchev–Trinajstić information content (AvgIpc) is 2.31. The zero-order chi connectivity index (χ0) is 13.7. The normalized spacial score (nSPS) is 9.78. The van der Waals surface area contributed by atoms with Gasteiger partial charge in [0.25, 0.3) is 0 Å². The van der Waals surface area contributed by atoms with Gasteiger partial charge in [-0.1, -0.05) is 13.0 Å². The lowest BCUT2D eigenvalue weighted by Gasteiger charge is -2.12. The summed E-state index contributed by atoms with van der Waals surface area (Å²) in [6.07, 6.45) is 0.729. The molecule has 0 aromatic heterocycles. The molecule has 4 amide bonds. The summed E-state index contributed by atoms with van der Waals surface area (Å²) in [5, 5.41) is 4.36. The molecule has 1 aromatic rings.